The molecule has 0 bridgehead atoms. The molecule has 1 aromatic heterocycles. The van der Waals surface area contributed by atoms with E-state index >= 15 is 0 Å². The summed E-state index contributed by atoms with van der Waals surface area (Å²) in [4.78, 5) is 18.2. The maximum absolute atomic E-state index is 12.3. The average Bonchev–Trinajstić information content (AvgIpc) is 3.13. The third kappa shape index (κ3) is 3.97. The van der Waals surface area contributed by atoms with Gasteiger partial charge in [0.05, 0.1) is 0 Å². The first kappa shape index (κ1) is 16.3. The third-order valence-corrected chi connectivity index (χ3v) is 4.69. The van der Waals surface area contributed by atoms with Crippen molar-refractivity contribution >= 4 is 25.6 Å². The van der Waals surface area contributed by atoms with Crippen LogP contribution in [0.15, 0.2) is 11.2 Å². The Kier molecular flexibility index (Phi) is 4.93. The van der Waals surface area contributed by atoms with Crippen LogP contribution in [0.3, 0.4) is 0 Å². The van der Waals surface area contributed by atoms with Crippen molar-refractivity contribution in [1.82, 2.24) is 14.5 Å². The van der Waals surface area contributed by atoms with Crippen LogP contribution in [0.1, 0.15) is 38.9 Å². The van der Waals surface area contributed by atoms with Gasteiger partial charge in [0, 0.05) is 35.9 Å². The number of imidazole rings is 1. The molecule has 1 aromatic rings. The highest BCUT2D eigenvalue weighted by molar-refractivity contribution is 8.13. The van der Waals surface area contributed by atoms with E-state index < -0.39 is 9.05 Å². The first-order chi connectivity index (χ1) is 9.86. The summed E-state index contributed by atoms with van der Waals surface area (Å²) in [5, 5.41) is -0.185. The maximum Gasteiger partial charge on any atom is 0.280 e. The van der Waals surface area contributed by atoms with Crippen molar-refractivity contribution in [2.75, 3.05) is 6.54 Å². The Hall–Kier alpha value is -1.08. The quantitative estimate of drug-likeness (QED) is 0.713. The molecule has 0 atom stereocenters. The molecule has 0 aromatic carbocycles. The molecular weight excluding hydrogens is 314 g/mol. The molecule has 0 radical (unpaired) electrons. The summed E-state index contributed by atoms with van der Waals surface area (Å²) in [6.07, 6.45) is 4.87. The monoisotopic (exact) mass is 333 g/mol. The van der Waals surface area contributed by atoms with E-state index in [0.717, 1.165) is 19.3 Å². The van der Waals surface area contributed by atoms with Gasteiger partial charge in [0.1, 0.15) is 12.4 Å². The Labute approximate surface area is 129 Å². The van der Waals surface area contributed by atoms with Crippen LogP contribution in [0.4, 0.5) is 0 Å². The highest BCUT2D eigenvalue weighted by atomic mass is 35.7. The van der Waals surface area contributed by atoms with Crippen LogP contribution in [0.2, 0.25) is 0 Å². The number of carbonyl (C=O) groups is 1. The molecule has 1 fully saturated rings. The summed E-state index contributed by atoms with van der Waals surface area (Å²) in [5.41, 5.74) is 0. The Morgan fingerprint density at radius 1 is 1.48 bits per heavy atom. The van der Waals surface area contributed by atoms with Crippen molar-refractivity contribution in [2.24, 2.45) is 0 Å². The summed E-state index contributed by atoms with van der Waals surface area (Å²) < 4.78 is 24.4. The van der Waals surface area contributed by atoms with Crippen molar-refractivity contribution in [3.05, 3.63) is 12.0 Å². The molecule has 118 valence electrons. The molecule has 6 nitrogen and oxygen atoms in total. The molecule has 1 saturated carbocycles. The molecule has 0 spiro atoms. The smallest absolute Gasteiger partial charge is 0.280 e. The number of halogens is 1. The number of rotatable bonds is 7. The lowest BCUT2D eigenvalue weighted by atomic mass is 10.3. The zero-order valence-electron chi connectivity index (χ0n) is 12.2. The van der Waals surface area contributed by atoms with Crippen molar-refractivity contribution in [1.29, 1.82) is 0 Å². The van der Waals surface area contributed by atoms with Crippen LogP contribution >= 0.6 is 10.7 Å². The largest absolute Gasteiger partial charge is 0.338 e. The second-order valence-corrected chi connectivity index (χ2v) is 7.73. The standard InChI is InChI=1S/C13H20ClN3O3S/c1-3-5-11-15-12(21(14,19)20)8-16(11)9-13(18)17(4-2)10-6-7-10/h8,10H,3-7,9H2,1-2H3. The minimum atomic E-state index is -3.87. The number of nitrogens with zero attached hydrogens (tertiary/aromatic N) is 3. The van der Waals surface area contributed by atoms with Gasteiger partial charge in [-0.3, -0.25) is 4.79 Å². The number of carbonyl (C=O) groups excluding carboxylic acids is 1. The summed E-state index contributed by atoms with van der Waals surface area (Å²) in [7, 11) is 1.46. The molecule has 1 aliphatic rings. The van der Waals surface area contributed by atoms with Crippen LogP contribution in [0, 0.1) is 0 Å². The molecule has 1 amide bonds. The summed E-state index contributed by atoms with van der Waals surface area (Å²) in [6, 6.07) is 0.344. The minimum absolute atomic E-state index is 0.00623. The molecule has 0 unspecified atom stereocenters. The Morgan fingerprint density at radius 2 is 2.14 bits per heavy atom. The second-order valence-electron chi connectivity index (χ2n) is 5.22. The van der Waals surface area contributed by atoms with Crippen molar-refractivity contribution in [2.45, 2.75) is 57.1 Å². The van der Waals surface area contributed by atoms with Gasteiger partial charge < -0.3 is 9.47 Å². The number of likely N-dealkylation sites (N-methyl/N-ethyl adjacent to an activating group) is 1. The van der Waals surface area contributed by atoms with Gasteiger partial charge in [-0.15, -0.1) is 0 Å². The molecular formula is C13H20ClN3O3S. The minimum Gasteiger partial charge on any atom is -0.338 e. The fraction of sp³-hybridized carbons (Fsp3) is 0.692. The summed E-state index contributed by atoms with van der Waals surface area (Å²) in [5.74, 6) is 0.574. The van der Waals surface area contributed by atoms with E-state index in [2.05, 4.69) is 4.98 Å². The van der Waals surface area contributed by atoms with Crippen molar-refractivity contribution in [3.8, 4) is 0 Å². The Balaban J connectivity index is 2.21. The van der Waals surface area contributed by atoms with E-state index in [1.807, 2.05) is 18.7 Å². The number of aromatic nitrogens is 2. The third-order valence-electron chi connectivity index (χ3n) is 3.51. The second kappa shape index (κ2) is 6.36. The van der Waals surface area contributed by atoms with Gasteiger partial charge in [0.2, 0.25) is 5.91 Å². The fourth-order valence-corrected chi connectivity index (χ4v) is 3.06. The molecule has 0 aliphatic heterocycles. The number of hydrogen-bond donors (Lipinski definition) is 0. The number of aryl methyl sites for hydroxylation is 1. The Morgan fingerprint density at radius 3 is 2.62 bits per heavy atom. The van der Waals surface area contributed by atoms with E-state index in [1.54, 1.807) is 4.57 Å². The molecule has 2 rings (SSSR count). The van der Waals surface area contributed by atoms with Crippen LogP contribution in [-0.2, 0) is 26.8 Å². The van der Waals surface area contributed by atoms with Gasteiger partial charge in [-0.2, -0.15) is 0 Å². The van der Waals surface area contributed by atoms with Gasteiger partial charge in [-0.1, -0.05) is 6.92 Å². The van der Waals surface area contributed by atoms with Crippen LogP contribution in [0.5, 0.6) is 0 Å². The number of amides is 1. The molecule has 1 aliphatic carbocycles. The lowest BCUT2D eigenvalue weighted by Crippen LogP contribution is -2.35. The first-order valence-electron chi connectivity index (χ1n) is 7.17. The van der Waals surface area contributed by atoms with Gasteiger partial charge in [-0.05, 0) is 26.2 Å². The average molecular weight is 334 g/mol. The van der Waals surface area contributed by atoms with Crippen LogP contribution in [0.25, 0.3) is 0 Å². The molecule has 8 heteroatoms. The van der Waals surface area contributed by atoms with Crippen LogP contribution < -0.4 is 0 Å². The van der Waals surface area contributed by atoms with Crippen molar-refractivity contribution < 1.29 is 13.2 Å². The predicted molar refractivity (Wildman–Crippen MR) is 79.7 cm³/mol. The Bertz CT molecular complexity index is 623. The lowest BCUT2D eigenvalue weighted by molar-refractivity contribution is -0.132. The van der Waals surface area contributed by atoms with Gasteiger partial charge >= 0.3 is 0 Å². The lowest BCUT2D eigenvalue weighted by Gasteiger charge is -2.21. The molecule has 0 saturated heterocycles. The number of hydrogen-bond acceptors (Lipinski definition) is 4. The normalized spacial score (nSPS) is 15.2. The zero-order chi connectivity index (χ0) is 15.6. The molecule has 0 N–H and O–H groups in total. The van der Waals surface area contributed by atoms with E-state index in [4.69, 9.17) is 10.7 Å². The SMILES string of the molecule is CCCc1nc(S(=O)(=O)Cl)cn1CC(=O)N(CC)C1CC1. The van der Waals surface area contributed by atoms with Crippen molar-refractivity contribution in [3.63, 3.8) is 0 Å². The predicted octanol–water partition coefficient (Wildman–Crippen LogP) is 1.77. The summed E-state index contributed by atoms with van der Waals surface area (Å²) >= 11 is 0. The fourth-order valence-electron chi connectivity index (χ4n) is 2.37. The summed E-state index contributed by atoms with van der Waals surface area (Å²) in [6.45, 7) is 4.70. The van der Waals surface area contributed by atoms with Gasteiger partial charge in [0.15, 0.2) is 5.03 Å². The van der Waals surface area contributed by atoms with Crippen LogP contribution in [-0.4, -0.2) is 41.4 Å². The van der Waals surface area contributed by atoms with E-state index in [9.17, 15) is 13.2 Å². The zero-order valence-corrected chi connectivity index (χ0v) is 13.8. The van der Waals surface area contributed by atoms with E-state index in [-0.39, 0.29) is 17.5 Å². The first-order valence-corrected chi connectivity index (χ1v) is 9.47. The van der Waals surface area contributed by atoms with Gasteiger partial charge in [-0.25, -0.2) is 13.4 Å². The molecule has 1 heterocycles. The van der Waals surface area contributed by atoms with E-state index in [0.29, 0.717) is 24.8 Å². The highest BCUT2D eigenvalue weighted by Gasteiger charge is 2.31. The van der Waals surface area contributed by atoms with Gasteiger partial charge in [0.25, 0.3) is 9.05 Å². The highest BCUT2D eigenvalue weighted by Crippen LogP contribution is 2.27. The maximum atomic E-state index is 12.3. The molecule has 21 heavy (non-hydrogen) atoms. The topological polar surface area (TPSA) is 72.3 Å². The van der Waals surface area contributed by atoms with E-state index in [1.165, 1.54) is 6.20 Å².